The van der Waals surface area contributed by atoms with Gasteiger partial charge in [0.25, 0.3) is 0 Å². The molecule has 158 valence electrons. The Morgan fingerprint density at radius 1 is 1.20 bits per heavy atom. The second kappa shape index (κ2) is 8.93. The molecule has 7 nitrogen and oxygen atoms in total. The topological polar surface area (TPSA) is 91.2 Å². The third-order valence-electron chi connectivity index (χ3n) is 4.88. The summed E-state index contributed by atoms with van der Waals surface area (Å²) in [4.78, 5) is 24.1. The zero-order valence-electron chi connectivity index (χ0n) is 16.6. The Labute approximate surface area is 184 Å². The molecule has 2 aromatic carbocycles. The molecule has 3 atom stereocenters. The van der Waals surface area contributed by atoms with E-state index in [1.165, 1.54) is 12.1 Å². The lowest BCUT2D eigenvalue weighted by atomic mass is 10.0. The lowest BCUT2D eigenvalue weighted by molar-refractivity contribution is -0.127. The number of amides is 1. The first-order chi connectivity index (χ1) is 14.2. The molecule has 1 aliphatic heterocycles. The third kappa shape index (κ3) is 4.52. The Balaban J connectivity index is 1.76. The predicted octanol–water partition coefficient (Wildman–Crippen LogP) is 4.21. The van der Waals surface area contributed by atoms with Crippen LogP contribution in [0.15, 0.2) is 47.6 Å². The summed E-state index contributed by atoms with van der Waals surface area (Å²) < 4.78 is 6.00. The summed E-state index contributed by atoms with van der Waals surface area (Å²) in [6, 6.07) is 11.1. The Morgan fingerprint density at radius 3 is 2.50 bits per heavy atom. The van der Waals surface area contributed by atoms with Crippen molar-refractivity contribution < 1.29 is 19.4 Å². The number of halogens is 2. The van der Waals surface area contributed by atoms with Crippen LogP contribution in [0.4, 0.5) is 0 Å². The van der Waals surface area contributed by atoms with Crippen LogP contribution in [0, 0.1) is 5.92 Å². The second-order valence-electron chi connectivity index (χ2n) is 7.01. The zero-order chi connectivity index (χ0) is 22.0. The number of ether oxygens (including phenoxy) is 1. The van der Waals surface area contributed by atoms with Crippen molar-refractivity contribution in [3.8, 4) is 5.75 Å². The summed E-state index contributed by atoms with van der Waals surface area (Å²) in [6.07, 6.45) is -0.692. The van der Waals surface area contributed by atoms with Gasteiger partial charge in [-0.2, -0.15) is 5.10 Å². The fraction of sp³-hybridized carbons (Fsp3) is 0.286. The number of carboxylic acid groups (broad SMARTS) is 1. The zero-order valence-corrected chi connectivity index (χ0v) is 18.1. The van der Waals surface area contributed by atoms with Gasteiger partial charge >= 0.3 is 5.97 Å². The van der Waals surface area contributed by atoms with Gasteiger partial charge < -0.3 is 15.2 Å². The molecule has 2 aromatic rings. The van der Waals surface area contributed by atoms with Crippen molar-refractivity contribution in [1.82, 2.24) is 10.3 Å². The number of benzene rings is 2. The summed E-state index contributed by atoms with van der Waals surface area (Å²) in [7, 11) is 1.72. The van der Waals surface area contributed by atoms with Crippen molar-refractivity contribution in [1.29, 1.82) is 0 Å². The number of hydrogen-bond acceptors (Lipinski definition) is 5. The summed E-state index contributed by atoms with van der Waals surface area (Å²) >= 11 is 12.3. The molecule has 0 fully saturated rings. The minimum atomic E-state index is -1.00. The van der Waals surface area contributed by atoms with E-state index in [1.54, 1.807) is 49.3 Å². The third-order valence-corrected chi connectivity index (χ3v) is 5.68. The molecule has 0 radical (unpaired) electrons. The van der Waals surface area contributed by atoms with Gasteiger partial charge in [-0.05, 0) is 43.7 Å². The molecule has 0 saturated carbocycles. The number of carbonyl (C=O) groups excluding carboxylic acids is 1. The molecule has 3 rings (SSSR count). The Morgan fingerprint density at radius 2 is 1.87 bits per heavy atom. The number of nitrogens with zero attached hydrogens (tertiary/aromatic N) is 2. The highest BCUT2D eigenvalue weighted by molar-refractivity contribution is 6.42. The van der Waals surface area contributed by atoms with Gasteiger partial charge in [-0.15, -0.1) is 0 Å². The molecule has 9 heteroatoms. The summed E-state index contributed by atoms with van der Waals surface area (Å²) in [6.45, 7) is 3.58. The molecule has 2 N–H and O–H groups in total. The maximum absolute atomic E-state index is 13.1. The van der Waals surface area contributed by atoms with E-state index in [1.807, 2.05) is 6.92 Å². The number of carboxylic acids is 1. The first kappa shape index (κ1) is 21.9. The highest BCUT2D eigenvalue weighted by Gasteiger charge is 2.41. The maximum atomic E-state index is 13.1. The fourth-order valence-electron chi connectivity index (χ4n) is 3.26. The first-order valence-electron chi connectivity index (χ1n) is 9.21. The van der Waals surface area contributed by atoms with E-state index in [9.17, 15) is 9.59 Å². The molecule has 1 amide bonds. The monoisotopic (exact) mass is 449 g/mol. The number of nitrogens with one attached hydrogen (secondary N) is 1. The van der Waals surface area contributed by atoms with Crippen LogP contribution in [0.2, 0.25) is 10.0 Å². The smallest absolute Gasteiger partial charge is 0.335 e. The van der Waals surface area contributed by atoms with Crippen LogP contribution in [-0.4, -0.2) is 41.0 Å². The Kier molecular flexibility index (Phi) is 6.53. The van der Waals surface area contributed by atoms with Crippen molar-refractivity contribution in [2.45, 2.75) is 26.1 Å². The number of hydrogen-bond donors (Lipinski definition) is 2. The largest absolute Gasteiger partial charge is 0.478 e. The van der Waals surface area contributed by atoms with E-state index in [-0.39, 0.29) is 22.5 Å². The van der Waals surface area contributed by atoms with E-state index in [2.05, 4.69) is 10.4 Å². The highest BCUT2D eigenvalue weighted by Crippen LogP contribution is 2.34. The molecular formula is C21H21Cl2N3O4. The van der Waals surface area contributed by atoms with Crippen molar-refractivity contribution in [2.75, 3.05) is 7.05 Å². The quantitative estimate of drug-likeness (QED) is 0.688. The fourth-order valence-corrected chi connectivity index (χ4v) is 3.60. The van der Waals surface area contributed by atoms with Gasteiger partial charge in [-0.1, -0.05) is 41.4 Å². The maximum Gasteiger partial charge on any atom is 0.335 e. The molecule has 1 aliphatic rings. The highest BCUT2D eigenvalue weighted by atomic mass is 35.5. The van der Waals surface area contributed by atoms with Crippen LogP contribution in [-0.2, 0) is 4.79 Å². The molecule has 30 heavy (non-hydrogen) atoms. The van der Waals surface area contributed by atoms with E-state index >= 15 is 0 Å². The lowest BCUT2D eigenvalue weighted by Gasteiger charge is -2.27. The van der Waals surface area contributed by atoms with Crippen LogP contribution >= 0.6 is 23.2 Å². The van der Waals surface area contributed by atoms with E-state index in [0.717, 1.165) is 5.56 Å². The summed E-state index contributed by atoms with van der Waals surface area (Å²) in [5.41, 5.74) is 1.57. The Hall–Kier alpha value is -2.77. The lowest BCUT2D eigenvalue weighted by Crippen LogP contribution is -2.45. The van der Waals surface area contributed by atoms with Gasteiger partial charge in [0.2, 0.25) is 12.1 Å². The van der Waals surface area contributed by atoms with Gasteiger partial charge in [-0.3, -0.25) is 9.80 Å². The average Bonchev–Trinajstić information content (AvgIpc) is 2.98. The van der Waals surface area contributed by atoms with Crippen molar-refractivity contribution in [2.24, 2.45) is 11.0 Å². The van der Waals surface area contributed by atoms with Crippen LogP contribution in [0.25, 0.3) is 0 Å². The molecule has 0 saturated heterocycles. The number of carbonyl (C=O) groups is 2. The second-order valence-corrected chi connectivity index (χ2v) is 7.80. The summed E-state index contributed by atoms with van der Waals surface area (Å²) in [5, 5.41) is 18.5. The van der Waals surface area contributed by atoms with Gasteiger partial charge in [0.05, 0.1) is 22.3 Å². The van der Waals surface area contributed by atoms with Crippen LogP contribution < -0.4 is 10.1 Å². The van der Waals surface area contributed by atoms with E-state index in [4.69, 9.17) is 33.0 Å². The van der Waals surface area contributed by atoms with Gasteiger partial charge in [-0.25, -0.2) is 4.79 Å². The van der Waals surface area contributed by atoms with Crippen LogP contribution in [0.5, 0.6) is 5.75 Å². The minimum absolute atomic E-state index is 0.185. The normalized spacial score (nSPS) is 19.2. The number of hydrazone groups is 1. The van der Waals surface area contributed by atoms with Crippen LogP contribution in [0.3, 0.4) is 0 Å². The molecule has 2 unspecified atom stereocenters. The molecule has 0 bridgehead atoms. The molecule has 0 aromatic heterocycles. The van der Waals surface area contributed by atoms with Gasteiger partial charge in [0.1, 0.15) is 16.7 Å². The summed E-state index contributed by atoms with van der Waals surface area (Å²) in [5.74, 6) is -1.57. The van der Waals surface area contributed by atoms with Crippen molar-refractivity contribution in [3.05, 3.63) is 63.6 Å². The van der Waals surface area contributed by atoms with E-state index in [0.29, 0.717) is 16.5 Å². The standard InChI is InChI=1S/C21H21Cl2N3O4/c1-11(13-7-9-14(10-8-13)21(28)29)24-19(27)17-12(2)25-26(3)20(17)30-16-6-4-5-15(22)18(16)23/h4-11,17,20H,1-3H3,(H,24,27)(H,28,29)/t11-,17?,20?/m0/s1. The molecule has 0 aliphatic carbocycles. The minimum Gasteiger partial charge on any atom is -0.478 e. The molecular weight excluding hydrogens is 429 g/mol. The number of rotatable bonds is 6. The van der Waals surface area contributed by atoms with Gasteiger partial charge in [0.15, 0.2) is 0 Å². The van der Waals surface area contributed by atoms with E-state index < -0.39 is 18.1 Å². The SMILES string of the molecule is CC1=NN(C)C(Oc2cccc(Cl)c2Cl)C1C(=O)N[C@@H](C)c1ccc(C(=O)O)cc1. The Bertz CT molecular complexity index is 994. The average molecular weight is 450 g/mol. The van der Waals surface area contributed by atoms with Crippen molar-refractivity contribution >= 4 is 40.8 Å². The first-order valence-corrected chi connectivity index (χ1v) is 9.97. The van der Waals surface area contributed by atoms with Gasteiger partial charge in [0, 0.05) is 7.05 Å². The van der Waals surface area contributed by atoms with Crippen LogP contribution in [0.1, 0.15) is 35.8 Å². The number of aromatic carboxylic acids is 1. The molecule has 1 heterocycles. The van der Waals surface area contributed by atoms with Crippen molar-refractivity contribution in [3.63, 3.8) is 0 Å². The molecule has 0 spiro atoms. The predicted molar refractivity (Wildman–Crippen MR) is 115 cm³/mol.